The maximum absolute atomic E-state index is 12.4. The van der Waals surface area contributed by atoms with E-state index in [-0.39, 0.29) is 6.61 Å². The van der Waals surface area contributed by atoms with E-state index in [1.807, 2.05) is 0 Å². The van der Waals surface area contributed by atoms with Crippen LogP contribution in [0.1, 0.15) is 5.69 Å². The Hall–Kier alpha value is -1.67. The van der Waals surface area contributed by atoms with Gasteiger partial charge in [0.1, 0.15) is 5.69 Å². The average molecular weight is 300 g/mol. The molecule has 2 aromatic rings. The molecule has 1 aromatic heterocycles. The Morgan fingerprint density at radius 2 is 2.15 bits per heavy atom. The Morgan fingerprint density at radius 1 is 1.35 bits per heavy atom. The first-order valence-corrected chi connectivity index (χ1v) is 6.84. The van der Waals surface area contributed by atoms with Gasteiger partial charge in [-0.05, 0) is 12.1 Å². The van der Waals surface area contributed by atoms with Crippen LogP contribution in [0.2, 0.25) is 0 Å². The van der Waals surface area contributed by atoms with E-state index in [1.165, 1.54) is 4.68 Å². The molecule has 20 heavy (non-hydrogen) atoms. The van der Waals surface area contributed by atoms with E-state index in [0.29, 0.717) is 41.1 Å². The Balaban J connectivity index is 1.99. The van der Waals surface area contributed by atoms with Crippen molar-refractivity contribution < 1.29 is 13.9 Å². The van der Waals surface area contributed by atoms with E-state index in [0.717, 1.165) is 0 Å². The molecular formula is C12H14F2N4OS. The largest absolute Gasteiger partial charge is 0.394 e. The number of aromatic nitrogens is 3. The van der Waals surface area contributed by atoms with E-state index in [4.69, 9.17) is 5.11 Å². The molecule has 0 aliphatic heterocycles. The molecule has 0 bridgehead atoms. The second kappa shape index (κ2) is 7.20. The Kier molecular flexibility index (Phi) is 5.31. The smallest absolute Gasteiger partial charge is 0.288 e. The zero-order valence-corrected chi connectivity index (χ0v) is 11.4. The first-order chi connectivity index (χ1) is 9.69. The summed E-state index contributed by atoms with van der Waals surface area (Å²) >= 11 is 0.503. The van der Waals surface area contributed by atoms with Crippen molar-refractivity contribution in [3.63, 3.8) is 0 Å². The lowest BCUT2D eigenvalue weighted by atomic mass is 10.3. The van der Waals surface area contributed by atoms with Gasteiger partial charge in [-0.25, -0.2) is 4.68 Å². The average Bonchev–Trinajstić information content (AvgIpc) is 2.85. The number of para-hydroxylation sites is 1. The quantitative estimate of drug-likeness (QED) is 0.768. The molecule has 1 aromatic carbocycles. The minimum atomic E-state index is -2.46. The number of hydrogen-bond acceptors (Lipinski definition) is 5. The third-order valence-electron chi connectivity index (χ3n) is 2.48. The summed E-state index contributed by atoms with van der Waals surface area (Å²) in [6.07, 6.45) is 1.70. The fourth-order valence-corrected chi connectivity index (χ4v) is 2.24. The minimum Gasteiger partial charge on any atom is -0.394 e. The van der Waals surface area contributed by atoms with Gasteiger partial charge in [0.25, 0.3) is 5.76 Å². The van der Waals surface area contributed by atoms with Crippen molar-refractivity contribution in [3.05, 3.63) is 36.2 Å². The molecular weight excluding hydrogens is 286 g/mol. The van der Waals surface area contributed by atoms with Gasteiger partial charge >= 0.3 is 0 Å². The summed E-state index contributed by atoms with van der Waals surface area (Å²) in [5.74, 6) is -2.46. The summed E-state index contributed by atoms with van der Waals surface area (Å²) in [7, 11) is 0. The molecule has 2 N–H and O–H groups in total. The Bertz CT molecular complexity index is 550. The molecule has 0 aliphatic carbocycles. The topological polar surface area (TPSA) is 63.0 Å². The summed E-state index contributed by atoms with van der Waals surface area (Å²) in [4.78, 5) is 0.491. The number of halogens is 2. The fourth-order valence-electron chi connectivity index (χ4n) is 1.63. The first kappa shape index (κ1) is 14.7. The molecule has 0 amide bonds. The summed E-state index contributed by atoms with van der Waals surface area (Å²) in [5.41, 5.74) is 1.31. The van der Waals surface area contributed by atoms with Crippen LogP contribution in [0.25, 0.3) is 0 Å². The number of rotatable bonds is 7. The van der Waals surface area contributed by atoms with Gasteiger partial charge in [0.2, 0.25) is 0 Å². The van der Waals surface area contributed by atoms with Crippen molar-refractivity contribution in [2.45, 2.75) is 23.7 Å². The highest BCUT2D eigenvalue weighted by atomic mass is 32.2. The van der Waals surface area contributed by atoms with E-state index < -0.39 is 5.76 Å². The third kappa shape index (κ3) is 4.17. The highest BCUT2D eigenvalue weighted by molar-refractivity contribution is 7.99. The number of alkyl halides is 2. The molecule has 0 aliphatic rings. The number of hydrogen-bond donors (Lipinski definition) is 2. The normalized spacial score (nSPS) is 11.0. The van der Waals surface area contributed by atoms with E-state index in [2.05, 4.69) is 15.6 Å². The molecule has 108 valence electrons. The fraction of sp³-hybridized carbons (Fsp3) is 0.333. The molecule has 0 atom stereocenters. The van der Waals surface area contributed by atoms with E-state index in [1.54, 1.807) is 30.5 Å². The number of benzene rings is 1. The molecule has 0 saturated carbocycles. The van der Waals surface area contributed by atoms with Gasteiger partial charge in [-0.15, -0.1) is 5.10 Å². The minimum absolute atomic E-state index is 0.00983. The van der Waals surface area contributed by atoms with Gasteiger partial charge in [0, 0.05) is 10.6 Å². The second-order valence-corrected chi connectivity index (χ2v) is 4.96. The van der Waals surface area contributed by atoms with Gasteiger partial charge < -0.3 is 10.4 Å². The first-order valence-electron chi connectivity index (χ1n) is 5.96. The van der Waals surface area contributed by atoms with Crippen LogP contribution in [0.15, 0.2) is 35.4 Å². The number of aliphatic hydroxyl groups excluding tert-OH is 1. The predicted molar refractivity (Wildman–Crippen MR) is 72.7 cm³/mol. The summed E-state index contributed by atoms with van der Waals surface area (Å²) in [6, 6.07) is 6.87. The van der Waals surface area contributed by atoms with Crippen LogP contribution < -0.4 is 5.32 Å². The monoisotopic (exact) mass is 300 g/mol. The highest BCUT2D eigenvalue weighted by Gasteiger charge is 2.09. The van der Waals surface area contributed by atoms with Gasteiger partial charge in [0.15, 0.2) is 0 Å². The van der Waals surface area contributed by atoms with Gasteiger partial charge in [0.05, 0.1) is 25.9 Å². The van der Waals surface area contributed by atoms with Crippen molar-refractivity contribution in [2.24, 2.45) is 0 Å². The SMILES string of the molecule is OCCn1cc(CNc2ccccc2SC(F)F)nn1. The molecule has 1 heterocycles. The van der Waals surface area contributed by atoms with Gasteiger partial charge in [-0.2, -0.15) is 8.78 Å². The third-order valence-corrected chi connectivity index (χ3v) is 3.27. The number of thioether (sulfide) groups is 1. The standard InChI is InChI=1S/C12H14F2N4OS/c13-12(14)20-11-4-2-1-3-10(11)15-7-9-8-18(5-6-19)17-16-9/h1-4,8,12,15,19H,5-7H2. The lowest BCUT2D eigenvalue weighted by Gasteiger charge is -2.09. The Labute approximate surface area is 119 Å². The second-order valence-electron chi connectivity index (χ2n) is 3.92. The number of nitrogens with one attached hydrogen (secondary N) is 1. The molecule has 5 nitrogen and oxygen atoms in total. The predicted octanol–water partition coefficient (Wildman–Crippen LogP) is 2.20. The Morgan fingerprint density at radius 3 is 2.90 bits per heavy atom. The van der Waals surface area contributed by atoms with E-state index in [9.17, 15) is 8.78 Å². The van der Waals surface area contributed by atoms with Crippen molar-refractivity contribution in [1.29, 1.82) is 0 Å². The van der Waals surface area contributed by atoms with Crippen molar-refractivity contribution in [2.75, 3.05) is 11.9 Å². The maximum atomic E-state index is 12.4. The van der Waals surface area contributed by atoms with Crippen LogP contribution in [0.4, 0.5) is 14.5 Å². The van der Waals surface area contributed by atoms with Gasteiger partial charge in [-0.1, -0.05) is 29.1 Å². The molecule has 2 rings (SSSR count). The molecule has 0 spiro atoms. The van der Waals surface area contributed by atoms with Crippen molar-refractivity contribution in [3.8, 4) is 0 Å². The molecule has 8 heteroatoms. The van der Waals surface area contributed by atoms with Crippen molar-refractivity contribution in [1.82, 2.24) is 15.0 Å². The molecule has 0 unspecified atom stereocenters. The number of nitrogens with zero attached hydrogens (tertiary/aromatic N) is 3. The van der Waals surface area contributed by atoms with Crippen LogP contribution in [0.3, 0.4) is 0 Å². The number of anilines is 1. The molecule has 0 saturated heterocycles. The van der Waals surface area contributed by atoms with Crippen LogP contribution in [-0.4, -0.2) is 32.5 Å². The summed E-state index contributed by atoms with van der Waals surface area (Å²) in [5, 5.41) is 19.6. The van der Waals surface area contributed by atoms with Crippen LogP contribution in [0, 0.1) is 0 Å². The van der Waals surface area contributed by atoms with Crippen LogP contribution >= 0.6 is 11.8 Å². The zero-order valence-electron chi connectivity index (χ0n) is 10.5. The number of aliphatic hydroxyl groups is 1. The van der Waals surface area contributed by atoms with Gasteiger partial charge in [-0.3, -0.25) is 0 Å². The summed E-state index contributed by atoms with van der Waals surface area (Å²) in [6.45, 7) is 0.751. The zero-order chi connectivity index (χ0) is 14.4. The van der Waals surface area contributed by atoms with E-state index >= 15 is 0 Å². The van der Waals surface area contributed by atoms with Crippen LogP contribution in [-0.2, 0) is 13.1 Å². The molecule has 0 radical (unpaired) electrons. The maximum Gasteiger partial charge on any atom is 0.288 e. The lowest BCUT2D eigenvalue weighted by Crippen LogP contribution is -2.02. The lowest BCUT2D eigenvalue weighted by molar-refractivity contribution is 0.252. The molecule has 0 fully saturated rings. The van der Waals surface area contributed by atoms with Crippen molar-refractivity contribution >= 4 is 17.4 Å². The van der Waals surface area contributed by atoms with Crippen LogP contribution in [0.5, 0.6) is 0 Å². The summed E-state index contributed by atoms with van der Waals surface area (Å²) < 4.78 is 26.4. The highest BCUT2D eigenvalue weighted by Crippen LogP contribution is 2.31.